The van der Waals surface area contributed by atoms with E-state index in [4.69, 9.17) is 4.74 Å². The van der Waals surface area contributed by atoms with E-state index in [1.807, 2.05) is 31.2 Å². The fourth-order valence-corrected chi connectivity index (χ4v) is 4.36. The van der Waals surface area contributed by atoms with E-state index in [2.05, 4.69) is 9.68 Å². The summed E-state index contributed by atoms with van der Waals surface area (Å²) < 4.78 is 22.0. The number of hydrogen-bond acceptors (Lipinski definition) is 6. The van der Waals surface area contributed by atoms with Crippen LogP contribution in [0.2, 0.25) is 0 Å². The Bertz CT molecular complexity index is 1040. The van der Waals surface area contributed by atoms with Crippen LogP contribution in [0.15, 0.2) is 52.9 Å². The monoisotopic (exact) mass is 430 g/mol. The quantitative estimate of drug-likeness (QED) is 0.581. The summed E-state index contributed by atoms with van der Waals surface area (Å²) in [4.78, 5) is 12.7. The van der Waals surface area contributed by atoms with Crippen molar-refractivity contribution in [3.8, 4) is 5.75 Å². The number of nitrogens with zero attached hydrogens (tertiary/aromatic N) is 1. The predicted molar refractivity (Wildman–Crippen MR) is 118 cm³/mol. The fourth-order valence-electron chi connectivity index (χ4n) is 3.71. The number of hydrogen-bond donors (Lipinski definition) is 3. The van der Waals surface area contributed by atoms with Crippen molar-refractivity contribution in [2.24, 2.45) is 4.36 Å². The molecule has 9 heteroatoms. The molecule has 0 saturated carbocycles. The molecule has 0 saturated heterocycles. The van der Waals surface area contributed by atoms with E-state index in [-0.39, 0.29) is 12.3 Å². The van der Waals surface area contributed by atoms with Crippen LogP contribution in [0.3, 0.4) is 0 Å². The summed E-state index contributed by atoms with van der Waals surface area (Å²) >= 11 is 0. The van der Waals surface area contributed by atoms with Crippen LogP contribution in [-0.4, -0.2) is 52.3 Å². The lowest BCUT2D eigenvalue weighted by Gasteiger charge is -2.28. The third-order valence-corrected chi connectivity index (χ3v) is 5.76. The smallest absolute Gasteiger partial charge is 0.475 e. The minimum Gasteiger partial charge on any atom is -0.492 e. The van der Waals surface area contributed by atoms with Crippen LogP contribution in [0, 0.1) is 0 Å². The molecule has 0 radical (unpaired) electrons. The first-order valence-corrected chi connectivity index (χ1v) is 12.0. The normalized spacial score (nSPS) is 18.8. The highest BCUT2D eigenvalue weighted by Gasteiger charge is 2.41. The molecule has 0 aliphatic carbocycles. The number of amides is 1. The van der Waals surface area contributed by atoms with Gasteiger partial charge in [-0.1, -0.05) is 43.3 Å². The summed E-state index contributed by atoms with van der Waals surface area (Å²) in [5.41, 5.74) is 1.64. The topological polar surface area (TPSA) is 108 Å². The Hall–Kier alpha value is -2.36. The van der Waals surface area contributed by atoms with E-state index in [1.54, 1.807) is 24.3 Å². The average Bonchev–Trinajstić information content (AvgIpc) is 2.99. The van der Waals surface area contributed by atoms with Crippen molar-refractivity contribution in [1.82, 2.24) is 5.32 Å². The number of fused-ring (bicyclic) bond motifs is 1. The van der Waals surface area contributed by atoms with Crippen LogP contribution < -0.4 is 10.1 Å². The highest BCUT2D eigenvalue weighted by molar-refractivity contribution is 7.92. The Kier molecular flexibility index (Phi) is 6.54. The summed E-state index contributed by atoms with van der Waals surface area (Å²) in [6, 6.07) is 14.6. The molecule has 3 rings (SSSR count). The lowest BCUT2D eigenvalue weighted by atomic mass is 9.68. The van der Waals surface area contributed by atoms with Crippen LogP contribution in [0.25, 0.3) is 0 Å². The molecule has 0 spiro atoms. The van der Waals surface area contributed by atoms with Gasteiger partial charge in [0.15, 0.2) is 0 Å². The Morgan fingerprint density at radius 1 is 1.23 bits per heavy atom. The van der Waals surface area contributed by atoms with Gasteiger partial charge in [-0.15, -0.1) is 0 Å². The first kappa shape index (κ1) is 22.3. The van der Waals surface area contributed by atoms with E-state index in [1.165, 1.54) is 12.5 Å². The number of nitrogens with one attached hydrogen (secondary N) is 1. The zero-order valence-electron chi connectivity index (χ0n) is 17.4. The summed E-state index contributed by atoms with van der Waals surface area (Å²) in [7, 11) is -4.09. The van der Waals surface area contributed by atoms with Crippen LogP contribution in [0.4, 0.5) is 5.69 Å². The molecule has 7 nitrogen and oxygen atoms in total. The van der Waals surface area contributed by atoms with Crippen LogP contribution in [0.5, 0.6) is 5.75 Å². The van der Waals surface area contributed by atoms with Gasteiger partial charge >= 0.3 is 7.12 Å². The number of benzene rings is 2. The molecule has 0 bridgehead atoms. The second kappa shape index (κ2) is 8.79. The first-order valence-electron chi connectivity index (χ1n) is 9.70. The molecule has 2 atom stereocenters. The lowest BCUT2D eigenvalue weighted by molar-refractivity contribution is -0.120. The standard InChI is InChI=1S/C21H27BN2O5S/c1-21(14-29-18-11-7-5-9-16(18)21)13-19(22(26)27)23-20(25)12-15-8-4-6-10-17(15)24-30(2,3)28/h4-11,19,26-27H,12-14H2,1-3H3,(H,23,25)/t19-,21?/m0/s1. The van der Waals surface area contributed by atoms with Gasteiger partial charge in [-0.05, 0) is 24.1 Å². The first-order chi connectivity index (χ1) is 14.1. The van der Waals surface area contributed by atoms with E-state index in [0.29, 0.717) is 24.3 Å². The molecule has 30 heavy (non-hydrogen) atoms. The van der Waals surface area contributed by atoms with Crippen LogP contribution in [-0.2, 0) is 26.4 Å². The van der Waals surface area contributed by atoms with Crippen molar-refractivity contribution in [3.63, 3.8) is 0 Å². The zero-order valence-corrected chi connectivity index (χ0v) is 18.2. The molecule has 0 fully saturated rings. The Morgan fingerprint density at radius 2 is 1.90 bits per heavy atom. The number of rotatable bonds is 7. The van der Waals surface area contributed by atoms with Gasteiger partial charge in [0.25, 0.3) is 0 Å². The maximum atomic E-state index is 12.7. The van der Waals surface area contributed by atoms with Crippen LogP contribution >= 0.6 is 0 Å². The van der Waals surface area contributed by atoms with Gasteiger partial charge in [0.05, 0.1) is 24.7 Å². The number of carbonyl (C=O) groups is 1. The Morgan fingerprint density at radius 3 is 2.60 bits per heavy atom. The largest absolute Gasteiger partial charge is 0.492 e. The number of para-hydroxylation sites is 1. The van der Waals surface area contributed by atoms with Crippen molar-refractivity contribution < 1.29 is 23.8 Å². The van der Waals surface area contributed by atoms with Gasteiger partial charge in [0.2, 0.25) is 5.91 Å². The van der Waals surface area contributed by atoms with Gasteiger partial charge in [0.1, 0.15) is 5.75 Å². The molecule has 160 valence electrons. The molecule has 2 aromatic carbocycles. The van der Waals surface area contributed by atoms with E-state index in [9.17, 15) is 19.1 Å². The van der Waals surface area contributed by atoms with Gasteiger partial charge in [-0.2, -0.15) is 4.36 Å². The van der Waals surface area contributed by atoms with Crippen molar-refractivity contribution in [3.05, 3.63) is 59.7 Å². The van der Waals surface area contributed by atoms with Crippen molar-refractivity contribution in [2.45, 2.75) is 31.1 Å². The van der Waals surface area contributed by atoms with Crippen molar-refractivity contribution in [1.29, 1.82) is 0 Å². The molecule has 1 heterocycles. The summed E-state index contributed by atoms with van der Waals surface area (Å²) in [5, 5.41) is 22.5. The van der Waals surface area contributed by atoms with Gasteiger partial charge < -0.3 is 20.1 Å². The minimum absolute atomic E-state index is 0.0117. The molecular weight excluding hydrogens is 403 g/mol. The maximum absolute atomic E-state index is 12.7. The molecule has 2 aromatic rings. The van der Waals surface area contributed by atoms with Crippen molar-refractivity contribution in [2.75, 3.05) is 19.1 Å². The second-order valence-corrected chi connectivity index (χ2v) is 10.8. The second-order valence-electron chi connectivity index (χ2n) is 8.22. The molecule has 1 aliphatic heterocycles. The SMILES string of the molecule is CC1(C[C@H](NC(=O)Cc2ccccc2N=S(C)(C)=O)B(O)O)COc2ccccc21. The Balaban J connectivity index is 1.74. The molecule has 1 unspecified atom stereocenters. The molecule has 3 N–H and O–H groups in total. The molecule has 1 aliphatic rings. The number of carbonyl (C=O) groups excluding carboxylic acids is 1. The van der Waals surface area contributed by atoms with Gasteiger partial charge in [-0.3, -0.25) is 4.79 Å². The highest BCUT2D eigenvalue weighted by atomic mass is 32.2. The third kappa shape index (κ3) is 5.41. The Labute approximate surface area is 177 Å². The van der Waals surface area contributed by atoms with E-state index >= 15 is 0 Å². The van der Waals surface area contributed by atoms with Crippen LogP contribution in [0.1, 0.15) is 24.5 Å². The molecule has 1 amide bonds. The van der Waals surface area contributed by atoms with Gasteiger partial charge in [0, 0.05) is 33.2 Å². The summed E-state index contributed by atoms with van der Waals surface area (Å²) in [6.07, 6.45) is 3.35. The highest BCUT2D eigenvalue weighted by Crippen LogP contribution is 2.41. The molecular formula is C21H27BN2O5S. The van der Waals surface area contributed by atoms with E-state index in [0.717, 1.165) is 11.3 Å². The molecule has 0 aromatic heterocycles. The van der Waals surface area contributed by atoms with Gasteiger partial charge in [-0.25, -0.2) is 4.21 Å². The third-order valence-electron chi connectivity index (χ3n) is 5.12. The average molecular weight is 430 g/mol. The number of ether oxygens (including phenoxy) is 1. The summed E-state index contributed by atoms with van der Waals surface area (Å²) in [6.45, 7) is 2.38. The lowest BCUT2D eigenvalue weighted by Crippen LogP contribution is -2.50. The predicted octanol–water partition coefficient (Wildman–Crippen LogP) is 1.83. The minimum atomic E-state index is -2.37. The zero-order chi connectivity index (χ0) is 21.9. The van der Waals surface area contributed by atoms with Crippen molar-refractivity contribution >= 4 is 28.4 Å². The summed E-state index contributed by atoms with van der Waals surface area (Å²) in [5.74, 6) is -0.469. The van der Waals surface area contributed by atoms with E-state index < -0.39 is 28.2 Å². The maximum Gasteiger partial charge on any atom is 0.475 e. The fraction of sp³-hybridized carbons (Fsp3) is 0.381.